The third-order valence-corrected chi connectivity index (χ3v) is 29.9. The minimum atomic E-state index is -3.91. The van der Waals surface area contributed by atoms with Crippen molar-refractivity contribution in [3.8, 4) is 45.0 Å². The number of nitrogens with one attached hydrogen (secondary N) is 3. The molecule has 15 rings (SSSR count). The molecule has 0 radical (unpaired) electrons. The predicted molar refractivity (Wildman–Crippen MR) is 450 cm³/mol. The summed E-state index contributed by atoms with van der Waals surface area (Å²) in [6, 6.07) is 20.3. The van der Waals surface area contributed by atoms with E-state index >= 15 is 0 Å². The zero-order chi connectivity index (χ0) is 85.5. The largest absolute Gasteiger partial charge is 0.497 e. The van der Waals surface area contributed by atoms with Crippen molar-refractivity contribution in [1.29, 1.82) is 0 Å². The number of ether oxygens (including phenoxy) is 4. The van der Waals surface area contributed by atoms with Crippen LogP contribution in [0, 0.1) is 41.4 Å². The van der Waals surface area contributed by atoms with Crippen LogP contribution in [-0.4, -0.2) is 198 Å². The fourth-order valence-corrected chi connectivity index (χ4v) is 21.3. The molecule has 120 heavy (non-hydrogen) atoms. The minimum absolute atomic E-state index is 0.0140. The third kappa shape index (κ3) is 19.2. The summed E-state index contributed by atoms with van der Waals surface area (Å²) < 4.78 is 110. The van der Waals surface area contributed by atoms with Gasteiger partial charge in [-0.3, -0.25) is 47.8 Å². The van der Waals surface area contributed by atoms with E-state index in [-0.39, 0.29) is 101 Å². The van der Waals surface area contributed by atoms with Gasteiger partial charge >= 0.3 is 0 Å². The molecular weight excluding hydrogens is 1600 g/mol. The van der Waals surface area contributed by atoms with Gasteiger partial charge in [0.15, 0.2) is 5.78 Å². The van der Waals surface area contributed by atoms with Gasteiger partial charge in [-0.05, 0) is 132 Å². The van der Waals surface area contributed by atoms with Gasteiger partial charge in [0.25, 0.3) is 11.8 Å². The van der Waals surface area contributed by atoms with Gasteiger partial charge in [-0.2, -0.15) is 0 Å². The van der Waals surface area contributed by atoms with Crippen LogP contribution in [0.3, 0.4) is 0 Å². The molecule has 3 aromatic carbocycles. The number of hydrogen-bond acceptors (Lipinski definition) is 20. The van der Waals surface area contributed by atoms with E-state index in [9.17, 15) is 64.0 Å². The lowest BCUT2D eigenvalue weighted by atomic mass is 9.77. The smallest absolute Gasteiger partial charge is 0.265 e. The zero-order valence-corrected chi connectivity index (χ0v) is 72.0. The number of rotatable bonds is 23. The number of carbonyl (C=O) groups excluding carboxylic acids is 8. The molecule has 6 aromatic rings. The molecule has 10 atom stereocenters. The normalized spacial score (nSPS) is 25.7. The predicted octanol–water partition coefficient (Wildman–Crippen LogP) is 12.5. The molecule has 4 saturated carbocycles. The van der Waals surface area contributed by atoms with E-state index in [2.05, 4.69) is 35.2 Å². The van der Waals surface area contributed by atoms with Crippen molar-refractivity contribution in [2.45, 2.75) is 229 Å². The Morgan fingerprint density at radius 3 is 2.04 bits per heavy atom. The molecule has 8 fully saturated rings. The second-order valence-electron chi connectivity index (χ2n) is 35.5. The summed E-state index contributed by atoms with van der Waals surface area (Å²) in [4.78, 5) is 135. The molecule has 26 nitrogen and oxygen atoms in total. The number of nitrogens with zero attached hydrogens (tertiary/aromatic N) is 7. The number of amides is 7. The first-order valence-electron chi connectivity index (χ1n) is 42.2. The van der Waals surface area contributed by atoms with E-state index < -0.39 is 137 Å². The molecule has 8 heterocycles. The van der Waals surface area contributed by atoms with Gasteiger partial charge in [-0.25, -0.2) is 40.6 Å². The number of aromatic nitrogens is 3. The van der Waals surface area contributed by atoms with Crippen LogP contribution in [0.4, 0.5) is 8.78 Å². The van der Waals surface area contributed by atoms with Gasteiger partial charge in [-0.15, -0.1) is 17.9 Å². The van der Waals surface area contributed by atoms with Gasteiger partial charge in [0.1, 0.15) is 57.5 Å². The van der Waals surface area contributed by atoms with E-state index in [0.29, 0.717) is 119 Å². The fraction of sp³-hybridized carbons (Fsp3) is 0.562. The van der Waals surface area contributed by atoms with Crippen LogP contribution < -0.4 is 33.7 Å². The van der Waals surface area contributed by atoms with Crippen LogP contribution in [0.25, 0.3) is 43.8 Å². The van der Waals surface area contributed by atoms with Gasteiger partial charge in [0.2, 0.25) is 55.5 Å². The molecule has 1 unspecified atom stereocenters. The lowest BCUT2D eigenvalue weighted by molar-refractivity contribution is -0.148. The molecule has 644 valence electrons. The highest BCUT2D eigenvalue weighted by Crippen LogP contribution is 2.58. The molecule has 9 aliphatic rings. The Kier molecular flexibility index (Phi) is 25.5. The van der Waals surface area contributed by atoms with Gasteiger partial charge < -0.3 is 43.9 Å². The third-order valence-electron chi connectivity index (χ3n) is 25.4. The number of hydrogen-bond donors (Lipinski definition) is 3. The molecule has 4 aliphatic carbocycles. The maximum absolute atomic E-state index is 15.0. The SMILES string of the molecule is C=CC1C[C@]1(NC(=O)[C@@H]1C[C@@H](Oc2cc(-c3ccccc3)nc3cc(OC)ccc23)CN1C(=O)[C@@H](CC(=O)N1CCCCC1)C(C)(C)C)C(=O)NS(=O)(=O)C1CC1.COc1ccc2c(O[C@@H]3C[C@H]4C(=O)C[C@]5(C(=O)NS(=O)(=O)C6CC6)C[C@H]5/C=C\CCCCC[C@H](CC(=O)N5CCCC(F)(F)C5)C(=O)N4C3)cc(-c3nc(C(C)C)cs3)nc2c1C. The van der Waals surface area contributed by atoms with Crippen LogP contribution >= 0.6 is 11.3 Å². The molecule has 0 bridgehead atoms. The molecule has 7 amide bonds. The molecule has 31 heteroatoms. The summed E-state index contributed by atoms with van der Waals surface area (Å²) in [6.07, 6.45) is 11.7. The standard InChI is InChI=1S/C46H57F2N5O8S2.C43H53N5O8S/c1-27(2)35-25-62-42(50-35)34-21-39(33-15-16-38(60-4)28(3)41(33)49-34)61-31-20-36-37(54)23-45(44(57)51-63(58,59)32-13-14-32)22-30(45)12-9-7-5-6-8-11-29(43(56)53(36)24-31)19-40(55)52-18-10-17-46(47,48)26-52;1-6-28-25-43(28,41(52)46-57(53,54)31-16-17-31)45-39(50)36-22-30(26-48(36)40(51)33(42(2,3)4)23-38(49)47-19-11-8-12-20-47)56-37-24-34(27-13-9-7-10-14-27)44-35-21-29(55-5)15-18-32(35)37/h9,12,15-16,21,25,27,29-32,36H,5-8,10-11,13-14,17-20,22-24,26H2,1-4H3,(H,51,57);6-7,9-10,13-15,18,21,24,28,30-31,33,36H,1,8,11-12,16-17,19-20,22-23,25-26H2,2-5H3,(H,45,50)(H,46,52)/b12-9-;/t29-,30-,31-,36+,45-;28?,30-,33-,36+,43-/m11/s1. The molecule has 4 saturated heterocycles. The van der Waals surface area contributed by atoms with Crippen molar-refractivity contribution in [2.75, 3.05) is 53.5 Å². The summed E-state index contributed by atoms with van der Waals surface area (Å²) in [5.41, 5.74) is 1.59. The van der Waals surface area contributed by atoms with Crippen molar-refractivity contribution < 1.29 is 82.9 Å². The van der Waals surface area contributed by atoms with Gasteiger partial charge in [0, 0.05) is 115 Å². The number of Topliss-reactive ketones (excluding diaryl/α,β-unsaturated/α-hetero) is 1. The van der Waals surface area contributed by atoms with Crippen LogP contribution in [-0.2, 0) is 58.4 Å². The van der Waals surface area contributed by atoms with E-state index in [1.165, 1.54) is 27.2 Å². The first-order chi connectivity index (χ1) is 57.1. The number of piperidine rings is 2. The first-order valence-corrected chi connectivity index (χ1v) is 46.2. The molecule has 0 spiro atoms. The average Bonchev–Trinajstić information content (AvgIpc) is 1.57. The van der Waals surface area contributed by atoms with Crippen molar-refractivity contribution >= 4 is 100 Å². The van der Waals surface area contributed by atoms with Gasteiger partial charge in [0.05, 0.1) is 84.1 Å². The number of halogens is 2. The average molecular weight is 1710 g/mol. The number of aryl methyl sites for hydroxylation is 1. The van der Waals surface area contributed by atoms with Crippen LogP contribution in [0.1, 0.15) is 187 Å². The highest BCUT2D eigenvalue weighted by molar-refractivity contribution is 7.91. The molecule has 3 aromatic heterocycles. The Balaban J connectivity index is 0.000000198. The number of pyridine rings is 2. The van der Waals surface area contributed by atoms with Crippen LogP contribution in [0.2, 0.25) is 0 Å². The Labute approximate surface area is 704 Å². The molecular formula is C89H110F2N10O16S3. The number of fused-ring (bicyclic) bond motifs is 4. The maximum Gasteiger partial charge on any atom is 0.265 e. The summed E-state index contributed by atoms with van der Waals surface area (Å²) in [5, 5.41) is 5.68. The Hall–Kier alpha value is -9.49. The molecule has 3 N–H and O–H groups in total. The molecule has 5 aliphatic heterocycles. The summed E-state index contributed by atoms with van der Waals surface area (Å²) in [5.74, 6) is -7.10. The quantitative estimate of drug-likeness (QED) is 0.0502. The number of benzene rings is 3. The first kappa shape index (κ1) is 86.9. The Morgan fingerprint density at radius 2 is 1.39 bits per heavy atom. The van der Waals surface area contributed by atoms with E-state index in [1.54, 1.807) is 14.2 Å². The van der Waals surface area contributed by atoms with Crippen LogP contribution in [0.5, 0.6) is 23.0 Å². The Morgan fingerprint density at radius 1 is 0.725 bits per heavy atom. The summed E-state index contributed by atoms with van der Waals surface area (Å²) >= 11 is 1.46. The monoisotopic (exact) mass is 1710 g/mol. The van der Waals surface area contributed by atoms with E-state index in [1.807, 2.05) is 123 Å². The summed E-state index contributed by atoms with van der Waals surface area (Å²) in [7, 11) is -4.64. The lowest BCUT2D eigenvalue weighted by Gasteiger charge is -2.36. The second-order valence-corrected chi connectivity index (χ2v) is 40.3. The van der Waals surface area contributed by atoms with Gasteiger partial charge in [-0.1, -0.05) is 96.0 Å². The van der Waals surface area contributed by atoms with E-state index in [4.69, 9.17) is 33.9 Å². The highest BCUT2D eigenvalue weighted by atomic mass is 32.2. The second kappa shape index (κ2) is 35.2. The zero-order valence-electron chi connectivity index (χ0n) is 69.5. The number of likely N-dealkylation sites (tertiary alicyclic amines) is 3. The number of thiazole rings is 1. The lowest BCUT2D eigenvalue weighted by Crippen LogP contribution is -2.57. The Bertz CT molecular complexity index is 5220. The topological polar surface area (TPSA) is 329 Å². The number of carbonyl (C=O) groups is 8. The number of alkyl halides is 2. The number of allylic oxidation sites excluding steroid dienone is 2. The number of ketones is 1. The van der Waals surface area contributed by atoms with Crippen molar-refractivity contribution in [1.82, 2.24) is 49.3 Å². The van der Waals surface area contributed by atoms with Crippen molar-refractivity contribution in [3.63, 3.8) is 0 Å². The highest BCUT2D eigenvalue weighted by Gasteiger charge is 2.64. The number of methoxy groups -OCH3 is 2. The van der Waals surface area contributed by atoms with Crippen molar-refractivity contribution in [2.24, 2.45) is 34.5 Å². The minimum Gasteiger partial charge on any atom is -0.497 e. The van der Waals surface area contributed by atoms with Crippen LogP contribution in [0.15, 0.2) is 103 Å². The van der Waals surface area contributed by atoms with Crippen molar-refractivity contribution in [3.05, 3.63) is 114 Å². The fourth-order valence-electron chi connectivity index (χ4n) is 17.6. The maximum atomic E-state index is 15.0. The van der Waals surface area contributed by atoms with E-state index in [0.717, 1.165) is 53.8 Å². The number of sulfonamides is 2. The summed E-state index contributed by atoms with van der Waals surface area (Å²) in [6.45, 7) is 16.4.